The van der Waals surface area contributed by atoms with Crippen molar-refractivity contribution >= 4 is 22.9 Å². The maximum atomic E-state index is 9.96. The first-order valence-corrected chi connectivity index (χ1v) is 5.35. The molecule has 72 valence electrons. The summed E-state index contributed by atoms with van der Waals surface area (Å²) in [6.45, 7) is 0. The van der Waals surface area contributed by atoms with E-state index in [9.17, 15) is 5.11 Å². The van der Waals surface area contributed by atoms with Crippen molar-refractivity contribution in [1.82, 2.24) is 4.98 Å². The minimum atomic E-state index is -0.656. The Labute approximate surface area is 90.8 Å². The molecule has 1 atom stereocenters. The molecule has 2 aromatic heterocycles. The molecule has 0 aliphatic carbocycles. The van der Waals surface area contributed by atoms with Crippen LogP contribution < -0.4 is 0 Å². The minimum absolute atomic E-state index is 0.634. The van der Waals surface area contributed by atoms with Crippen molar-refractivity contribution in [2.75, 3.05) is 0 Å². The molecule has 0 bridgehead atoms. The van der Waals surface area contributed by atoms with E-state index in [1.165, 1.54) is 11.3 Å². The van der Waals surface area contributed by atoms with Crippen LogP contribution in [-0.2, 0) is 0 Å². The molecule has 2 aromatic rings. The second-order valence-corrected chi connectivity index (χ2v) is 4.35. The zero-order valence-electron chi connectivity index (χ0n) is 7.22. The standard InChI is InChI=1S/C10H8ClNOS/c11-10-8(3-6-14-10)9(13)7-1-4-12-5-2-7/h1-6,9,13H. The molecule has 2 heterocycles. The van der Waals surface area contributed by atoms with Crippen LogP contribution in [0.2, 0.25) is 4.34 Å². The molecule has 0 radical (unpaired) electrons. The highest BCUT2D eigenvalue weighted by molar-refractivity contribution is 7.14. The molecule has 0 saturated heterocycles. The highest BCUT2D eigenvalue weighted by Gasteiger charge is 2.14. The summed E-state index contributed by atoms with van der Waals surface area (Å²) in [6.07, 6.45) is 2.65. The number of aliphatic hydroxyl groups excluding tert-OH is 1. The Bertz CT molecular complexity index is 415. The van der Waals surface area contributed by atoms with Crippen LogP contribution in [0.1, 0.15) is 17.2 Å². The summed E-state index contributed by atoms with van der Waals surface area (Å²) in [5, 5.41) is 11.8. The fraction of sp³-hybridized carbons (Fsp3) is 0.100. The first kappa shape index (κ1) is 9.65. The van der Waals surface area contributed by atoms with Crippen molar-refractivity contribution in [3.63, 3.8) is 0 Å². The lowest BCUT2D eigenvalue weighted by molar-refractivity contribution is 0.221. The van der Waals surface area contributed by atoms with E-state index in [1.54, 1.807) is 24.5 Å². The molecule has 0 aliphatic rings. The van der Waals surface area contributed by atoms with E-state index < -0.39 is 6.10 Å². The number of thiophene rings is 1. The number of pyridine rings is 1. The third-order valence-electron chi connectivity index (χ3n) is 1.96. The molecule has 0 fully saturated rings. The van der Waals surface area contributed by atoms with Crippen LogP contribution in [-0.4, -0.2) is 10.1 Å². The van der Waals surface area contributed by atoms with Crippen LogP contribution in [0.15, 0.2) is 36.0 Å². The average Bonchev–Trinajstić information content (AvgIpc) is 2.65. The molecule has 0 saturated carbocycles. The Morgan fingerprint density at radius 2 is 2.00 bits per heavy atom. The van der Waals surface area contributed by atoms with Crippen LogP contribution in [0.3, 0.4) is 0 Å². The molecule has 0 amide bonds. The fourth-order valence-electron chi connectivity index (χ4n) is 1.22. The van der Waals surface area contributed by atoms with Crippen molar-refractivity contribution in [2.45, 2.75) is 6.10 Å². The smallest absolute Gasteiger partial charge is 0.106 e. The number of aromatic nitrogens is 1. The predicted octanol–water partition coefficient (Wildman–Crippen LogP) is 2.88. The lowest BCUT2D eigenvalue weighted by Crippen LogP contribution is -1.98. The Hall–Kier alpha value is -0.900. The Morgan fingerprint density at radius 3 is 2.57 bits per heavy atom. The summed E-state index contributed by atoms with van der Waals surface area (Å²) in [5.74, 6) is 0. The summed E-state index contributed by atoms with van der Waals surface area (Å²) in [5.41, 5.74) is 1.56. The summed E-state index contributed by atoms with van der Waals surface area (Å²) in [7, 11) is 0. The van der Waals surface area contributed by atoms with E-state index >= 15 is 0 Å². The Balaban J connectivity index is 2.34. The van der Waals surface area contributed by atoms with Gasteiger partial charge in [0.15, 0.2) is 0 Å². The van der Waals surface area contributed by atoms with Gasteiger partial charge in [-0.2, -0.15) is 0 Å². The van der Waals surface area contributed by atoms with Crippen molar-refractivity contribution in [3.05, 3.63) is 51.4 Å². The van der Waals surface area contributed by atoms with Gasteiger partial charge in [0, 0.05) is 18.0 Å². The molecule has 0 aromatic carbocycles. The number of nitrogens with zero attached hydrogens (tertiary/aromatic N) is 1. The lowest BCUT2D eigenvalue weighted by atomic mass is 10.1. The molecule has 1 unspecified atom stereocenters. The van der Waals surface area contributed by atoms with Crippen LogP contribution in [0.25, 0.3) is 0 Å². The van der Waals surface area contributed by atoms with Gasteiger partial charge in [0.05, 0.1) is 4.34 Å². The molecule has 2 nitrogen and oxygen atoms in total. The largest absolute Gasteiger partial charge is 0.384 e. The highest BCUT2D eigenvalue weighted by atomic mass is 35.5. The highest BCUT2D eigenvalue weighted by Crippen LogP contribution is 2.31. The number of hydrogen-bond acceptors (Lipinski definition) is 3. The third-order valence-corrected chi connectivity index (χ3v) is 3.16. The molecule has 0 aliphatic heterocycles. The van der Waals surface area contributed by atoms with Gasteiger partial charge < -0.3 is 5.11 Å². The van der Waals surface area contributed by atoms with Gasteiger partial charge in [0.1, 0.15) is 6.10 Å². The first-order valence-electron chi connectivity index (χ1n) is 4.10. The molecular weight excluding hydrogens is 218 g/mol. The Morgan fingerprint density at radius 1 is 1.29 bits per heavy atom. The monoisotopic (exact) mass is 225 g/mol. The quantitative estimate of drug-likeness (QED) is 0.853. The van der Waals surface area contributed by atoms with Crippen molar-refractivity contribution in [3.8, 4) is 0 Å². The average molecular weight is 226 g/mol. The summed E-state index contributed by atoms with van der Waals surface area (Å²) in [6, 6.07) is 5.38. The van der Waals surface area contributed by atoms with Crippen molar-refractivity contribution in [2.24, 2.45) is 0 Å². The third kappa shape index (κ3) is 1.80. The number of aliphatic hydroxyl groups is 1. The molecule has 14 heavy (non-hydrogen) atoms. The van der Waals surface area contributed by atoms with Crippen LogP contribution in [0.5, 0.6) is 0 Å². The van der Waals surface area contributed by atoms with Gasteiger partial charge in [0.25, 0.3) is 0 Å². The maximum Gasteiger partial charge on any atom is 0.106 e. The van der Waals surface area contributed by atoms with Gasteiger partial charge in [0.2, 0.25) is 0 Å². The zero-order chi connectivity index (χ0) is 9.97. The van der Waals surface area contributed by atoms with E-state index in [1.807, 2.05) is 11.4 Å². The summed E-state index contributed by atoms with van der Waals surface area (Å²) >= 11 is 7.34. The molecule has 4 heteroatoms. The van der Waals surface area contributed by atoms with Gasteiger partial charge in [-0.1, -0.05) is 11.6 Å². The summed E-state index contributed by atoms with van der Waals surface area (Å²) in [4.78, 5) is 3.89. The minimum Gasteiger partial charge on any atom is -0.384 e. The SMILES string of the molecule is OC(c1ccncc1)c1ccsc1Cl. The van der Waals surface area contributed by atoms with Gasteiger partial charge in [-0.3, -0.25) is 4.98 Å². The normalized spacial score (nSPS) is 12.7. The zero-order valence-corrected chi connectivity index (χ0v) is 8.79. The number of rotatable bonds is 2. The van der Waals surface area contributed by atoms with Crippen LogP contribution in [0.4, 0.5) is 0 Å². The first-order chi connectivity index (χ1) is 6.79. The second kappa shape index (κ2) is 4.09. The van der Waals surface area contributed by atoms with E-state index in [4.69, 9.17) is 11.6 Å². The maximum absolute atomic E-state index is 9.96. The van der Waals surface area contributed by atoms with Crippen LogP contribution >= 0.6 is 22.9 Å². The fourth-order valence-corrected chi connectivity index (χ4v) is 2.20. The predicted molar refractivity (Wildman–Crippen MR) is 57.6 cm³/mol. The van der Waals surface area contributed by atoms with Gasteiger partial charge >= 0.3 is 0 Å². The van der Waals surface area contributed by atoms with Gasteiger partial charge in [-0.25, -0.2) is 0 Å². The number of hydrogen-bond donors (Lipinski definition) is 1. The second-order valence-electron chi connectivity index (χ2n) is 2.83. The van der Waals surface area contributed by atoms with Crippen LogP contribution in [0, 0.1) is 0 Å². The lowest BCUT2D eigenvalue weighted by Gasteiger charge is -2.09. The van der Waals surface area contributed by atoms with E-state index in [-0.39, 0.29) is 0 Å². The van der Waals surface area contributed by atoms with Crippen molar-refractivity contribution < 1.29 is 5.11 Å². The Kier molecular flexibility index (Phi) is 2.82. The molecule has 2 rings (SSSR count). The van der Waals surface area contributed by atoms with E-state index in [0.717, 1.165) is 11.1 Å². The van der Waals surface area contributed by atoms with E-state index in [2.05, 4.69) is 4.98 Å². The molecule has 0 spiro atoms. The number of halogens is 1. The topological polar surface area (TPSA) is 33.1 Å². The van der Waals surface area contributed by atoms with Gasteiger partial charge in [-0.15, -0.1) is 11.3 Å². The summed E-state index contributed by atoms with van der Waals surface area (Å²) < 4.78 is 0.634. The van der Waals surface area contributed by atoms with Gasteiger partial charge in [-0.05, 0) is 29.1 Å². The van der Waals surface area contributed by atoms with E-state index in [0.29, 0.717) is 4.34 Å². The molecule has 1 N–H and O–H groups in total. The molecular formula is C10H8ClNOS. The van der Waals surface area contributed by atoms with Crippen molar-refractivity contribution in [1.29, 1.82) is 0 Å².